The molecular formula is C46H63ClN4O8. The van der Waals surface area contributed by atoms with Gasteiger partial charge in [0.25, 0.3) is 0 Å². The minimum absolute atomic E-state index is 0.0785. The number of nitrogens with one attached hydrogen (secondary N) is 1. The van der Waals surface area contributed by atoms with E-state index in [0.717, 1.165) is 93.8 Å². The second kappa shape index (κ2) is 21.4. The molecule has 2 aliphatic carbocycles. The highest BCUT2D eigenvalue weighted by Crippen LogP contribution is 2.55. The lowest BCUT2D eigenvalue weighted by atomic mass is 9.84. The third kappa shape index (κ3) is 12.8. The maximum absolute atomic E-state index is 12.8. The molecule has 0 bridgehead atoms. The molecule has 2 saturated carbocycles. The van der Waals surface area contributed by atoms with E-state index in [9.17, 15) is 30.0 Å². The Morgan fingerprint density at radius 3 is 2.37 bits per heavy atom. The summed E-state index contributed by atoms with van der Waals surface area (Å²) in [5.41, 5.74) is 6.17. The summed E-state index contributed by atoms with van der Waals surface area (Å²) in [5, 5.41) is 51.4. The van der Waals surface area contributed by atoms with Crippen molar-refractivity contribution in [3.8, 4) is 16.9 Å². The maximum Gasteiger partial charge on any atom is 0.234 e. The first-order valence-electron chi connectivity index (χ1n) is 21.5. The van der Waals surface area contributed by atoms with Crippen molar-refractivity contribution in [2.45, 2.75) is 119 Å². The zero-order valence-corrected chi connectivity index (χ0v) is 35.1. The third-order valence-electron chi connectivity index (χ3n) is 12.4. The molecule has 3 fully saturated rings. The normalized spacial score (nSPS) is 19.4. The van der Waals surface area contributed by atoms with Crippen molar-refractivity contribution in [1.29, 1.82) is 0 Å². The third-order valence-corrected chi connectivity index (χ3v) is 12.8. The van der Waals surface area contributed by atoms with E-state index in [1.54, 1.807) is 0 Å². The van der Waals surface area contributed by atoms with Crippen molar-refractivity contribution in [3.63, 3.8) is 0 Å². The molecule has 3 aliphatic rings. The van der Waals surface area contributed by atoms with Crippen LogP contribution in [0.25, 0.3) is 11.1 Å². The number of piperazine rings is 1. The van der Waals surface area contributed by atoms with Crippen molar-refractivity contribution in [1.82, 2.24) is 20.1 Å². The number of pyridine rings is 1. The van der Waals surface area contributed by atoms with Gasteiger partial charge in [-0.05, 0) is 116 Å². The van der Waals surface area contributed by atoms with E-state index in [4.69, 9.17) is 21.4 Å². The molecular weight excluding hydrogens is 772 g/mol. The number of ketones is 1. The first-order chi connectivity index (χ1) is 28.5. The number of halogens is 1. The molecule has 6 rings (SSSR count). The number of Topliss-reactive ketones (excluding diaryl/α,β-unsaturated/α-hetero) is 1. The average Bonchev–Trinajstić information content (AvgIpc) is 4.20. The summed E-state index contributed by atoms with van der Waals surface area (Å²) in [4.78, 5) is 34.1. The molecule has 1 aliphatic heterocycles. The number of benzene rings is 2. The van der Waals surface area contributed by atoms with Gasteiger partial charge in [0.05, 0.1) is 25.4 Å². The van der Waals surface area contributed by atoms with Crippen LogP contribution in [0, 0.1) is 0 Å². The highest BCUT2D eigenvalue weighted by atomic mass is 35.5. The Balaban J connectivity index is 0.878. The van der Waals surface area contributed by atoms with Crippen LogP contribution in [0.1, 0.15) is 93.7 Å². The van der Waals surface area contributed by atoms with E-state index < -0.39 is 31.0 Å². The molecule has 1 unspecified atom stereocenters. The van der Waals surface area contributed by atoms with E-state index in [-0.39, 0.29) is 24.4 Å². The lowest BCUT2D eigenvalue weighted by molar-refractivity contribution is -0.127. The molecule has 1 aromatic heterocycles. The van der Waals surface area contributed by atoms with Crippen molar-refractivity contribution in [2.24, 2.45) is 0 Å². The van der Waals surface area contributed by atoms with Crippen LogP contribution in [-0.2, 0) is 21.4 Å². The van der Waals surface area contributed by atoms with Crippen LogP contribution in [0.5, 0.6) is 5.75 Å². The number of hydrogen-bond donors (Lipinski definition) is 6. The van der Waals surface area contributed by atoms with Crippen LogP contribution in [-0.4, -0.2) is 135 Å². The molecule has 0 radical (unpaired) electrons. The topological polar surface area (TPSA) is 176 Å². The van der Waals surface area contributed by atoms with Crippen molar-refractivity contribution >= 4 is 23.3 Å². The van der Waals surface area contributed by atoms with E-state index in [1.807, 2.05) is 23.2 Å². The maximum atomic E-state index is 12.8. The van der Waals surface area contributed by atoms with Gasteiger partial charge in [0.1, 0.15) is 29.8 Å². The molecule has 2 heterocycles. The highest BCUT2D eigenvalue weighted by molar-refractivity contribution is 6.31. The number of amides is 1. The first kappa shape index (κ1) is 45.1. The summed E-state index contributed by atoms with van der Waals surface area (Å²) < 4.78 is 6.31. The standard InChI is InChI=1S/C46H63ClN4O8/c1-31(6-4-7-34(53)8-5-21-50-22-24-51(25-23-50)29-43(56)49-28-40(54)44(57)45(58)41(55)30-52)32-11-14-39(47)33(26-32)15-17-46(18-19-46)38-27-48-20-16-36(38)37-9-2-3-10-42(37)59-35-12-13-35/h2-3,9-11,14,16,20,26-27,31,35,40-41,44-45,52,54-55,57-58H,4-8,12-13,15,17-19,21-25,28-30H2,1H3,(H,49,56)/t31?,40-,41+,44+,45+/m0/s1. The first-order valence-corrected chi connectivity index (χ1v) is 21.9. The largest absolute Gasteiger partial charge is 0.490 e. The van der Waals surface area contributed by atoms with E-state index in [1.165, 1.54) is 22.3 Å². The number of carbonyl (C=O) groups excluding carboxylic acids is 2. The molecule has 1 amide bonds. The summed E-state index contributed by atoms with van der Waals surface area (Å²) in [6, 6.07) is 17.0. The lowest BCUT2D eigenvalue weighted by Crippen LogP contribution is -2.52. The van der Waals surface area contributed by atoms with Crippen LogP contribution in [0.15, 0.2) is 60.9 Å². The number of aryl methyl sites for hydroxylation is 1. The van der Waals surface area contributed by atoms with Crippen molar-refractivity contribution in [3.05, 3.63) is 82.6 Å². The van der Waals surface area contributed by atoms with Crippen LogP contribution >= 0.6 is 11.6 Å². The van der Waals surface area contributed by atoms with Crippen molar-refractivity contribution < 1.29 is 39.9 Å². The number of aromatic nitrogens is 1. The average molecular weight is 835 g/mol. The SMILES string of the molecule is CC(CCCC(=O)CCCN1CCN(CC(=O)NC[C@H](O)[C@@H](O)[C@H](O)[C@H](O)CO)CC1)c1ccc(Cl)c(CCC2(c3cnccc3-c3ccccc3OC3CC3)CC2)c1. The highest BCUT2D eigenvalue weighted by Gasteiger charge is 2.45. The molecule has 5 atom stereocenters. The van der Waals surface area contributed by atoms with Gasteiger partial charge in [0.15, 0.2) is 0 Å². The van der Waals surface area contributed by atoms with Gasteiger partial charge in [0.2, 0.25) is 5.91 Å². The molecule has 59 heavy (non-hydrogen) atoms. The second-order valence-corrected chi connectivity index (χ2v) is 17.4. The summed E-state index contributed by atoms with van der Waals surface area (Å²) >= 11 is 6.80. The van der Waals surface area contributed by atoms with Crippen LogP contribution in [0.3, 0.4) is 0 Å². The zero-order valence-electron chi connectivity index (χ0n) is 34.4. The smallest absolute Gasteiger partial charge is 0.234 e. The van der Waals surface area contributed by atoms with E-state index >= 15 is 0 Å². The van der Waals surface area contributed by atoms with Gasteiger partial charge in [-0.3, -0.25) is 19.5 Å². The summed E-state index contributed by atoms with van der Waals surface area (Å²) in [6.07, 6.45) is 7.83. The number of nitrogens with zero attached hydrogens (tertiary/aromatic N) is 3. The number of aliphatic hydroxyl groups excluding tert-OH is 5. The molecule has 6 N–H and O–H groups in total. The van der Waals surface area contributed by atoms with Gasteiger partial charge in [-0.15, -0.1) is 0 Å². The van der Waals surface area contributed by atoms with Gasteiger partial charge >= 0.3 is 0 Å². The Morgan fingerprint density at radius 2 is 1.64 bits per heavy atom. The summed E-state index contributed by atoms with van der Waals surface area (Å²) in [5.74, 6) is 1.24. The Bertz CT molecular complexity index is 1830. The molecule has 12 nitrogen and oxygen atoms in total. The van der Waals surface area contributed by atoms with Crippen LogP contribution in [0.2, 0.25) is 5.02 Å². The Hall–Kier alpha value is -3.46. The fraction of sp³-hybridized carbons (Fsp3) is 0.587. The van der Waals surface area contributed by atoms with Gasteiger partial charge in [-0.2, -0.15) is 0 Å². The van der Waals surface area contributed by atoms with Crippen LogP contribution < -0.4 is 10.1 Å². The molecule has 1 saturated heterocycles. The fourth-order valence-corrected chi connectivity index (χ4v) is 8.42. The van der Waals surface area contributed by atoms with Crippen molar-refractivity contribution in [2.75, 3.05) is 52.4 Å². The summed E-state index contributed by atoms with van der Waals surface area (Å²) in [7, 11) is 0. The Kier molecular flexibility index (Phi) is 16.3. The van der Waals surface area contributed by atoms with Gasteiger partial charge in [-0.25, -0.2) is 0 Å². The predicted molar refractivity (Wildman–Crippen MR) is 228 cm³/mol. The fourth-order valence-electron chi connectivity index (χ4n) is 8.21. The zero-order chi connectivity index (χ0) is 41.9. The van der Waals surface area contributed by atoms with E-state index in [2.05, 4.69) is 64.7 Å². The van der Waals surface area contributed by atoms with Gasteiger partial charge in [0, 0.05) is 68.5 Å². The number of carbonyl (C=O) groups is 2. The predicted octanol–water partition coefficient (Wildman–Crippen LogP) is 4.40. The number of rotatable bonds is 24. The molecule has 3 aromatic rings. The number of hydrogen-bond acceptors (Lipinski definition) is 11. The molecule has 13 heteroatoms. The Morgan fingerprint density at radius 1 is 0.932 bits per heavy atom. The minimum atomic E-state index is -1.74. The molecule has 0 spiro atoms. The number of aliphatic hydroxyl groups is 5. The molecule has 322 valence electrons. The second-order valence-electron chi connectivity index (χ2n) is 17.0. The van der Waals surface area contributed by atoms with E-state index in [0.29, 0.717) is 43.7 Å². The quantitative estimate of drug-likeness (QED) is 0.0755. The number of para-hydroxylation sites is 1. The Labute approximate surface area is 353 Å². The molecule has 2 aromatic carbocycles. The van der Waals surface area contributed by atoms with Crippen LogP contribution in [0.4, 0.5) is 0 Å². The minimum Gasteiger partial charge on any atom is -0.490 e. The summed E-state index contributed by atoms with van der Waals surface area (Å²) in [6.45, 7) is 5.07. The van der Waals surface area contributed by atoms with Gasteiger partial charge in [-0.1, -0.05) is 48.9 Å². The lowest BCUT2D eigenvalue weighted by Gasteiger charge is -2.34. The van der Waals surface area contributed by atoms with Gasteiger partial charge < -0.3 is 40.5 Å². The number of ether oxygens (including phenoxy) is 1. The monoisotopic (exact) mass is 834 g/mol.